The van der Waals surface area contributed by atoms with E-state index in [0.29, 0.717) is 5.75 Å². The highest BCUT2D eigenvalue weighted by Crippen LogP contribution is 2.26. The van der Waals surface area contributed by atoms with Gasteiger partial charge in [0.25, 0.3) is 5.91 Å². The summed E-state index contributed by atoms with van der Waals surface area (Å²) >= 11 is 0. The molecule has 0 unspecified atom stereocenters. The minimum atomic E-state index is -3.46. The van der Waals surface area contributed by atoms with Crippen LogP contribution in [0.3, 0.4) is 0 Å². The molecule has 0 aliphatic carbocycles. The second-order valence-corrected chi connectivity index (χ2v) is 7.37. The highest BCUT2D eigenvalue weighted by Gasteiger charge is 2.41. The summed E-state index contributed by atoms with van der Waals surface area (Å²) in [5.74, 6) is 0.288. The van der Waals surface area contributed by atoms with Crippen molar-refractivity contribution in [2.75, 3.05) is 20.2 Å². The number of methoxy groups -OCH3 is 1. The first-order chi connectivity index (χ1) is 11.0. The van der Waals surface area contributed by atoms with Crippen molar-refractivity contribution in [1.29, 1.82) is 0 Å². The lowest BCUT2D eigenvalue weighted by molar-refractivity contribution is 0.0652. The van der Waals surface area contributed by atoms with E-state index in [0.717, 1.165) is 0 Å². The van der Waals surface area contributed by atoms with E-state index in [-0.39, 0.29) is 29.6 Å². The number of nitrogens with zero attached hydrogens (tertiary/aromatic N) is 3. The summed E-state index contributed by atoms with van der Waals surface area (Å²) in [5, 5.41) is -0.600. The lowest BCUT2D eigenvalue weighted by atomic mass is 10.2. The van der Waals surface area contributed by atoms with Crippen LogP contribution in [0.2, 0.25) is 0 Å². The average molecular weight is 333 g/mol. The van der Waals surface area contributed by atoms with E-state index in [1.807, 2.05) is 0 Å². The number of benzene rings is 1. The van der Waals surface area contributed by atoms with E-state index in [4.69, 9.17) is 4.74 Å². The Kier molecular flexibility index (Phi) is 3.99. The lowest BCUT2D eigenvalue weighted by Crippen LogP contribution is -2.57. The van der Waals surface area contributed by atoms with Gasteiger partial charge in [-0.05, 0) is 24.3 Å². The second-order valence-electron chi connectivity index (χ2n) is 5.14. The topological polar surface area (TPSA) is 89.5 Å². The van der Waals surface area contributed by atoms with Gasteiger partial charge in [-0.3, -0.25) is 9.78 Å². The maximum Gasteiger partial charge on any atom is 0.274 e. The van der Waals surface area contributed by atoms with Crippen LogP contribution in [-0.2, 0) is 9.84 Å². The van der Waals surface area contributed by atoms with Gasteiger partial charge in [0.2, 0.25) is 0 Å². The van der Waals surface area contributed by atoms with Gasteiger partial charge in [0.1, 0.15) is 16.7 Å². The number of sulfone groups is 1. The molecule has 0 N–H and O–H groups in total. The van der Waals surface area contributed by atoms with Crippen LogP contribution in [0, 0.1) is 0 Å². The van der Waals surface area contributed by atoms with Gasteiger partial charge < -0.3 is 9.64 Å². The molecule has 2 heterocycles. The summed E-state index contributed by atoms with van der Waals surface area (Å²) in [6.45, 7) is 0.313. The molecule has 1 amide bonds. The third kappa shape index (κ3) is 2.89. The van der Waals surface area contributed by atoms with Crippen LogP contribution in [0.25, 0.3) is 0 Å². The summed E-state index contributed by atoms with van der Waals surface area (Å²) in [6.07, 6.45) is 4.27. The van der Waals surface area contributed by atoms with E-state index in [9.17, 15) is 13.2 Å². The first-order valence-electron chi connectivity index (χ1n) is 6.95. The Hall–Kier alpha value is -2.48. The Morgan fingerprint density at radius 3 is 2.48 bits per heavy atom. The smallest absolute Gasteiger partial charge is 0.274 e. The van der Waals surface area contributed by atoms with Crippen molar-refractivity contribution in [3.8, 4) is 5.75 Å². The van der Waals surface area contributed by atoms with Crippen molar-refractivity contribution >= 4 is 15.7 Å². The van der Waals surface area contributed by atoms with Crippen molar-refractivity contribution in [1.82, 2.24) is 14.9 Å². The van der Waals surface area contributed by atoms with Crippen molar-refractivity contribution in [2.24, 2.45) is 0 Å². The number of rotatable bonds is 4. The molecule has 1 aliphatic heterocycles. The van der Waals surface area contributed by atoms with Gasteiger partial charge in [-0.15, -0.1) is 0 Å². The van der Waals surface area contributed by atoms with Gasteiger partial charge in [0.05, 0.1) is 18.2 Å². The molecule has 7 nitrogen and oxygen atoms in total. The van der Waals surface area contributed by atoms with E-state index in [1.54, 1.807) is 12.1 Å². The molecule has 1 fully saturated rings. The van der Waals surface area contributed by atoms with Gasteiger partial charge in [-0.1, -0.05) is 0 Å². The van der Waals surface area contributed by atoms with Crippen LogP contribution in [0.1, 0.15) is 10.5 Å². The Labute approximate surface area is 133 Å². The fourth-order valence-electron chi connectivity index (χ4n) is 2.33. The predicted molar refractivity (Wildman–Crippen MR) is 81.9 cm³/mol. The number of hydrogen-bond acceptors (Lipinski definition) is 6. The number of ether oxygens (including phenoxy) is 1. The normalized spacial score (nSPS) is 15.1. The molecule has 8 heteroatoms. The number of hydrogen-bond donors (Lipinski definition) is 0. The Morgan fingerprint density at radius 1 is 1.22 bits per heavy atom. The van der Waals surface area contributed by atoms with Crippen molar-refractivity contribution in [3.05, 3.63) is 48.5 Å². The molecule has 3 rings (SSSR count). The Bertz CT molecular complexity index is 800. The summed E-state index contributed by atoms with van der Waals surface area (Å²) < 4.78 is 30.0. The van der Waals surface area contributed by atoms with Crippen LogP contribution in [-0.4, -0.2) is 54.6 Å². The number of aromatic nitrogens is 2. The molecule has 1 saturated heterocycles. The molecule has 0 spiro atoms. The molecule has 0 saturated carbocycles. The van der Waals surface area contributed by atoms with Crippen LogP contribution < -0.4 is 4.74 Å². The number of likely N-dealkylation sites (tertiary alicyclic amines) is 1. The monoisotopic (exact) mass is 333 g/mol. The molecular formula is C15H15N3O4S. The zero-order valence-electron chi connectivity index (χ0n) is 12.4. The largest absolute Gasteiger partial charge is 0.497 e. The van der Waals surface area contributed by atoms with Crippen LogP contribution in [0.5, 0.6) is 5.75 Å². The predicted octanol–water partition coefficient (Wildman–Crippen LogP) is 0.783. The Morgan fingerprint density at radius 2 is 1.91 bits per heavy atom. The fraction of sp³-hybridized carbons (Fsp3) is 0.267. The number of carbonyl (C=O) groups is 1. The summed E-state index contributed by atoms with van der Waals surface area (Å²) in [7, 11) is -1.94. The molecular weight excluding hydrogens is 318 g/mol. The summed E-state index contributed by atoms with van der Waals surface area (Å²) in [6, 6.07) is 6.24. The quantitative estimate of drug-likeness (QED) is 0.821. The van der Waals surface area contributed by atoms with Crippen molar-refractivity contribution < 1.29 is 17.9 Å². The molecule has 0 atom stereocenters. The van der Waals surface area contributed by atoms with Gasteiger partial charge in [0.15, 0.2) is 9.84 Å². The van der Waals surface area contributed by atoms with Crippen molar-refractivity contribution in [2.45, 2.75) is 10.1 Å². The first kappa shape index (κ1) is 15.4. The van der Waals surface area contributed by atoms with E-state index in [1.165, 1.54) is 42.7 Å². The van der Waals surface area contributed by atoms with Crippen LogP contribution >= 0.6 is 0 Å². The number of amides is 1. The fourth-order valence-corrected chi connectivity index (χ4v) is 3.98. The third-order valence-electron chi connectivity index (χ3n) is 3.74. The van der Waals surface area contributed by atoms with Gasteiger partial charge >= 0.3 is 0 Å². The van der Waals surface area contributed by atoms with Crippen molar-refractivity contribution in [3.63, 3.8) is 0 Å². The third-order valence-corrected chi connectivity index (χ3v) is 5.85. The minimum Gasteiger partial charge on any atom is -0.497 e. The van der Waals surface area contributed by atoms with Gasteiger partial charge in [-0.2, -0.15) is 0 Å². The van der Waals surface area contributed by atoms with Crippen LogP contribution in [0.4, 0.5) is 0 Å². The summed E-state index contributed by atoms with van der Waals surface area (Å²) in [4.78, 5) is 21.6. The SMILES string of the molecule is COc1ccc(S(=O)(=O)C2CN(C(=O)c3cnccn3)C2)cc1. The summed E-state index contributed by atoms with van der Waals surface area (Å²) in [5.41, 5.74) is 0.216. The second kappa shape index (κ2) is 5.96. The van der Waals surface area contributed by atoms with Gasteiger partial charge in [0, 0.05) is 25.5 Å². The average Bonchev–Trinajstić information content (AvgIpc) is 2.54. The molecule has 1 aromatic heterocycles. The lowest BCUT2D eigenvalue weighted by Gasteiger charge is -2.38. The molecule has 2 aromatic rings. The van der Waals surface area contributed by atoms with Gasteiger partial charge in [-0.25, -0.2) is 13.4 Å². The van der Waals surface area contributed by atoms with Crippen LogP contribution in [0.15, 0.2) is 47.8 Å². The molecule has 1 aliphatic rings. The molecule has 0 bridgehead atoms. The van der Waals surface area contributed by atoms with E-state index < -0.39 is 15.1 Å². The molecule has 23 heavy (non-hydrogen) atoms. The zero-order valence-corrected chi connectivity index (χ0v) is 13.2. The highest BCUT2D eigenvalue weighted by atomic mass is 32.2. The maximum absolute atomic E-state index is 12.5. The number of carbonyl (C=O) groups excluding carboxylic acids is 1. The standard InChI is InChI=1S/C15H15N3O4S/c1-22-11-2-4-12(5-3-11)23(20,21)13-9-18(10-13)15(19)14-8-16-6-7-17-14/h2-8,13H,9-10H2,1H3. The Balaban J connectivity index is 1.69. The molecule has 120 valence electrons. The zero-order chi connectivity index (χ0) is 16.4. The first-order valence-corrected chi connectivity index (χ1v) is 8.50. The highest BCUT2D eigenvalue weighted by molar-refractivity contribution is 7.92. The van der Waals surface area contributed by atoms with E-state index in [2.05, 4.69) is 9.97 Å². The molecule has 1 aromatic carbocycles. The minimum absolute atomic E-state index is 0.157. The maximum atomic E-state index is 12.5. The molecule has 0 radical (unpaired) electrons. The van der Waals surface area contributed by atoms with E-state index >= 15 is 0 Å².